The highest BCUT2D eigenvalue weighted by Gasteiger charge is 2.57. The molecular formula is C42H28S. The van der Waals surface area contributed by atoms with Crippen molar-refractivity contribution in [3.05, 3.63) is 214 Å². The average Bonchev–Trinajstić information content (AvgIpc) is 3.71. The Balaban J connectivity index is 1.54. The molecule has 1 heteroatoms. The highest BCUT2D eigenvalue weighted by atomic mass is 32.1. The summed E-state index contributed by atoms with van der Waals surface area (Å²) in [6.45, 7) is 0. The number of fused-ring (bicyclic) bond motifs is 7. The highest BCUT2D eigenvalue weighted by Crippen LogP contribution is 2.68. The topological polar surface area (TPSA) is 0 Å². The molecule has 6 aromatic carbocycles. The maximum atomic E-state index is 2.36. The van der Waals surface area contributed by atoms with Crippen molar-refractivity contribution in [2.24, 2.45) is 0 Å². The Morgan fingerprint density at radius 2 is 0.581 bits per heavy atom. The van der Waals surface area contributed by atoms with Gasteiger partial charge in [-0.1, -0.05) is 170 Å². The predicted octanol–water partition coefficient (Wildman–Crippen LogP) is 10.5. The lowest BCUT2D eigenvalue weighted by molar-refractivity contribution is 0.707. The van der Waals surface area contributed by atoms with E-state index in [9.17, 15) is 0 Å². The molecule has 0 saturated carbocycles. The van der Waals surface area contributed by atoms with Crippen LogP contribution in [0.5, 0.6) is 0 Å². The molecule has 0 amide bonds. The summed E-state index contributed by atoms with van der Waals surface area (Å²) in [6, 6.07) is 63.0. The normalized spacial score (nSPS) is 14.9. The largest absolute Gasteiger partial charge is 0.134 e. The number of hydrogen-bond acceptors (Lipinski definition) is 1. The third-order valence-corrected chi connectivity index (χ3v) is 10.9. The van der Waals surface area contributed by atoms with Gasteiger partial charge in [-0.3, -0.25) is 0 Å². The van der Waals surface area contributed by atoms with Crippen molar-refractivity contribution in [3.63, 3.8) is 0 Å². The molecule has 9 rings (SSSR count). The molecule has 0 radical (unpaired) electrons. The van der Waals surface area contributed by atoms with Gasteiger partial charge in [0, 0.05) is 9.75 Å². The van der Waals surface area contributed by atoms with Crippen molar-refractivity contribution in [1.29, 1.82) is 0 Å². The van der Waals surface area contributed by atoms with E-state index >= 15 is 0 Å². The van der Waals surface area contributed by atoms with Crippen LogP contribution in [0.4, 0.5) is 0 Å². The fourth-order valence-corrected chi connectivity index (χ4v) is 9.59. The van der Waals surface area contributed by atoms with Crippen molar-refractivity contribution < 1.29 is 0 Å². The molecule has 1 aromatic heterocycles. The van der Waals surface area contributed by atoms with Crippen LogP contribution < -0.4 is 0 Å². The van der Waals surface area contributed by atoms with Gasteiger partial charge in [0.25, 0.3) is 0 Å². The van der Waals surface area contributed by atoms with E-state index in [1.54, 1.807) is 0 Å². The quantitative estimate of drug-likeness (QED) is 0.199. The molecule has 0 saturated heterocycles. The van der Waals surface area contributed by atoms with Crippen molar-refractivity contribution in [1.82, 2.24) is 0 Å². The number of thiophene rings is 1. The first-order valence-electron chi connectivity index (χ1n) is 15.0. The second-order valence-corrected chi connectivity index (χ2v) is 12.6. The standard InChI is InChI=1S/C42H28S/c1-5-17-29(18-6-1)41(30-19-7-2-8-20-30)35-27-15-13-25-33(35)39-37(41)38-40(43-39)34-26-14-16-28-36(34)42(38,31-21-9-3-10-22-31)32-23-11-4-12-24-32/h1-28H. The summed E-state index contributed by atoms with van der Waals surface area (Å²) >= 11 is 1.98. The van der Waals surface area contributed by atoms with Crippen molar-refractivity contribution >= 4 is 11.3 Å². The molecule has 7 aromatic rings. The minimum atomic E-state index is -0.463. The second-order valence-electron chi connectivity index (χ2n) is 11.6. The van der Waals surface area contributed by atoms with Gasteiger partial charge in [0.15, 0.2) is 0 Å². The first-order valence-corrected chi connectivity index (χ1v) is 15.8. The van der Waals surface area contributed by atoms with E-state index < -0.39 is 10.8 Å². The van der Waals surface area contributed by atoms with Crippen LogP contribution in [0.15, 0.2) is 170 Å². The third kappa shape index (κ3) is 3.10. The molecule has 2 aliphatic carbocycles. The summed E-state index contributed by atoms with van der Waals surface area (Å²) in [5, 5.41) is 0. The van der Waals surface area contributed by atoms with Gasteiger partial charge in [-0.05, 0) is 55.6 Å². The fourth-order valence-electron chi connectivity index (χ4n) is 8.10. The van der Waals surface area contributed by atoms with E-state index in [-0.39, 0.29) is 0 Å². The van der Waals surface area contributed by atoms with Crippen LogP contribution in [-0.2, 0) is 10.8 Å². The molecule has 0 aliphatic heterocycles. The smallest absolute Gasteiger partial charge is 0.0725 e. The van der Waals surface area contributed by atoms with Gasteiger partial charge in [0.05, 0.1) is 10.8 Å². The molecule has 0 bridgehead atoms. The summed E-state index contributed by atoms with van der Waals surface area (Å²) in [4.78, 5) is 2.78. The molecule has 0 unspecified atom stereocenters. The van der Waals surface area contributed by atoms with Crippen LogP contribution in [-0.4, -0.2) is 0 Å². The summed E-state index contributed by atoms with van der Waals surface area (Å²) in [5.41, 5.74) is 12.6. The fraction of sp³-hybridized carbons (Fsp3) is 0.0476. The Bertz CT molecular complexity index is 1870. The number of hydrogen-bond donors (Lipinski definition) is 0. The highest BCUT2D eigenvalue weighted by molar-refractivity contribution is 7.19. The van der Waals surface area contributed by atoms with Gasteiger partial charge in [0.2, 0.25) is 0 Å². The van der Waals surface area contributed by atoms with Gasteiger partial charge >= 0.3 is 0 Å². The van der Waals surface area contributed by atoms with Crippen molar-refractivity contribution in [3.8, 4) is 20.9 Å². The van der Waals surface area contributed by atoms with Gasteiger partial charge < -0.3 is 0 Å². The van der Waals surface area contributed by atoms with E-state index in [2.05, 4.69) is 170 Å². The Labute approximate surface area is 256 Å². The van der Waals surface area contributed by atoms with E-state index in [1.165, 1.54) is 65.4 Å². The Hall–Kier alpha value is -4.98. The summed E-state index contributed by atoms with van der Waals surface area (Å²) in [5.74, 6) is 0. The SMILES string of the molecule is c1ccc(C2(c3ccccc3)c3ccccc3-c3sc4c(c32)C(c2ccccc2)(c2ccccc2)c2ccccc2-4)cc1. The lowest BCUT2D eigenvalue weighted by Crippen LogP contribution is -2.35. The third-order valence-electron chi connectivity index (χ3n) is 9.64. The van der Waals surface area contributed by atoms with E-state index in [0.717, 1.165) is 0 Å². The molecule has 0 atom stereocenters. The minimum absolute atomic E-state index is 0.463. The minimum Gasteiger partial charge on any atom is -0.134 e. The Morgan fingerprint density at radius 3 is 0.907 bits per heavy atom. The zero-order valence-corrected chi connectivity index (χ0v) is 24.4. The van der Waals surface area contributed by atoms with Gasteiger partial charge in [0.1, 0.15) is 0 Å². The Morgan fingerprint density at radius 1 is 0.302 bits per heavy atom. The first kappa shape index (κ1) is 24.6. The molecule has 0 spiro atoms. The first-order chi connectivity index (χ1) is 21.4. The molecule has 202 valence electrons. The van der Waals surface area contributed by atoms with E-state index in [0.29, 0.717) is 0 Å². The van der Waals surface area contributed by atoms with Gasteiger partial charge in [-0.25, -0.2) is 0 Å². The van der Waals surface area contributed by atoms with Crippen LogP contribution >= 0.6 is 11.3 Å². The predicted molar refractivity (Wildman–Crippen MR) is 179 cm³/mol. The average molecular weight is 565 g/mol. The van der Waals surface area contributed by atoms with E-state index in [1.807, 2.05) is 11.3 Å². The molecule has 0 nitrogen and oxygen atoms in total. The summed E-state index contributed by atoms with van der Waals surface area (Å²) in [6.07, 6.45) is 0. The van der Waals surface area contributed by atoms with Gasteiger partial charge in [-0.2, -0.15) is 0 Å². The van der Waals surface area contributed by atoms with Crippen molar-refractivity contribution in [2.75, 3.05) is 0 Å². The van der Waals surface area contributed by atoms with Crippen LogP contribution in [0, 0.1) is 0 Å². The zero-order chi connectivity index (χ0) is 28.4. The molecule has 1 heterocycles. The molecule has 43 heavy (non-hydrogen) atoms. The van der Waals surface area contributed by atoms with Crippen LogP contribution in [0.3, 0.4) is 0 Å². The number of benzene rings is 6. The maximum absolute atomic E-state index is 2.36. The second kappa shape index (κ2) is 9.26. The number of rotatable bonds is 4. The van der Waals surface area contributed by atoms with Crippen LogP contribution in [0.1, 0.15) is 44.5 Å². The lowest BCUT2D eigenvalue weighted by Gasteiger charge is -2.39. The van der Waals surface area contributed by atoms with Crippen LogP contribution in [0.25, 0.3) is 20.9 Å². The van der Waals surface area contributed by atoms with Crippen molar-refractivity contribution in [2.45, 2.75) is 10.8 Å². The lowest BCUT2D eigenvalue weighted by atomic mass is 9.61. The Kier molecular flexibility index (Phi) is 5.30. The zero-order valence-electron chi connectivity index (χ0n) is 23.6. The van der Waals surface area contributed by atoms with E-state index in [4.69, 9.17) is 0 Å². The molecule has 0 N–H and O–H groups in total. The maximum Gasteiger partial charge on any atom is 0.0725 e. The monoisotopic (exact) mass is 564 g/mol. The molecule has 2 aliphatic rings. The van der Waals surface area contributed by atoms with Crippen LogP contribution in [0.2, 0.25) is 0 Å². The summed E-state index contributed by atoms with van der Waals surface area (Å²) in [7, 11) is 0. The van der Waals surface area contributed by atoms with Gasteiger partial charge in [-0.15, -0.1) is 11.3 Å². The summed E-state index contributed by atoms with van der Waals surface area (Å²) < 4.78 is 0. The molecule has 0 fully saturated rings. The molecular weight excluding hydrogens is 537 g/mol.